The number of carbonyl (C=O) groups excluding carboxylic acids is 2. The minimum absolute atomic E-state index is 0.00569. The van der Waals surface area contributed by atoms with Crippen LogP contribution in [0.5, 0.6) is 5.75 Å². The van der Waals surface area contributed by atoms with Crippen molar-refractivity contribution in [3.63, 3.8) is 0 Å². The fourth-order valence-electron chi connectivity index (χ4n) is 3.44. The Labute approximate surface area is 240 Å². The molecule has 0 radical (unpaired) electrons. The lowest BCUT2D eigenvalue weighted by Gasteiger charge is -2.24. The van der Waals surface area contributed by atoms with Crippen molar-refractivity contribution in [1.29, 1.82) is 0 Å². The number of nitrogens with zero attached hydrogens (tertiary/aromatic N) is 2. The van der Waals surface area contributed by atoms with Gasteiger partial charge >= 0.3 is 0 Å². The van der Waals surface area contributed by atoms with Crippen LogP contribution in [0.3, 0.4) is 0 Å². The number of hydrazone groups is 1. The molecule has 0 aromatic heterocycles. The van der Waals surface area contributed by atoms with Crippen LogP contribution in [0.25, 0.3) is 0 Å². The number of anilines is 1. The van der Waals surface area contributed by atoms with Gasteiger partial charge < -0.3 is 10.1 Å². The minimum Gasteiger partial charge on any atom is -0.484 e. The molecule has 0 atom stereocenters. The molecular formula is C29H33ClN4O5S. The Kier molecular flexibility index (Phi) is 10.7. The Morgan fingerprint density at radius 3 is 2.27 bits per heavy atom. The summed E-state index contributed by atoms with van der Waals surface area (Å²) >= 11 is 5.93. The van der Waals surface area contributed by atoms with E-state index >= 15 is 0 Å². The van der Waals surface area contributed by atoms with E-state index in [1.54, 1.807) is 42.5 Å². The third kappa shape index (κ3) is 8.82. The first-order valence-corrected chi connectivity index (χ1v) is 14.4. The van der Waals surface area contributed by atoms with Crippen molar-refractivity contribution < 1.29 is 22.7 Å². The van der Waals surface area contributed by atoms with Gasteiger partial charge in [-0.2, -0.15) is 5.10 Å². The van der Waals surface area contributed by atoms with Crippen molar-refractivity contribution in [2.75, 3.05) is 24.0 Å². The Bertz CT molecular complexity index is 1460. The number of benzene rings is 3. The molecule has 0 fully saturated rings. The summed E-state index contributed by atoms with van der Waals surface area (Å²) in [6, 6.07) is 17.7. The standard InChI is InChI=1S/C29H33ClN4O5S/c1-20(2)16-31-29(36)19-39-26-11-6-23(7-12-26)17-32-33-28(35)18-34(25-10-5-21(3)22(4)15-25)40(37,38)27-13-8-24(30)9-14-27/h5-15,17,20H,16,18-19H2,1-4H3,(H,31,36)(H,33,35)/b32-17-. The van der Waals surface area contributed by atoms with E-state index in [0.29, 0.717) is 34.5 Å². The van der Waals surface area contributed by atoms with E-state index in [9.17, 15) is 18.0 Å². The number of hydrogen-bond acceptors (Lipinski definition) is 6. The molecule has 3 aromatic carbocycles. The number of aryl methyl sites for hydroxylation is 2. The van der Waals surface area contributed by atoms with E-state index in [-0.39, 0.29) is 17.4 Å². The molecule has 0 aliphatic heterocycles. The van der Waals surface area contributed by atoms with Crippen LogP contribution in [-0.4, -0.2) is 46.1 Å². The average Bonchev–Trinajstić information content (AvgIpc) is 2.92. The lowest BCUT2D eigenvalue weighted by atomic mass is 10.1. The van der Waals surface area contributed by atoms with E-state index in [1.807, 2.05) is 27.7 Å². The summed E-state index contributed by atoms with van der Waals surface area (Å²) in [6.45, 7) is 7.81. The van der Waals surface area contributed by atoms with Crippen LogP contribution in [0, 0.1) is 19.8 Å². The number of carbonyl (C=O) groups is 2. The van der Waals surface area contributed by atoms with Gasteiger partial charge in [-0.05, 0) is 97.1 Å². The second-order valence-corrected chi connectivity index (χ2v) is 11.9. The number of amides is 2. The van der Waals surface area contributed by atoms with Gasteiger partial charge in [-0.1, -0.05) is 31.5 Å². The lowest BCUT2D eigenvalue weighted by Crippen LogP contribution is -2.39. The van der Waals surface area contributed by atoms with Crippen molar-refractivity contribution in [3.8, 4) is 5.75 Å². The lowest BCUT2D eigenvalue weighted by molar-refractivity contribution is -0.123. The number of hydrogen-bond donors (Lipinski definition) is 2. The fraction of sp³-hybridized carbons (Fsp3) is 0.276. The Morgan fingerprint density at radius 2 is 1.65 bits per heavy atom. The molecule has 0 unspecified atom stereocenters. The van der Waals surface area contributed by atoms with Gasteiger partial charge in [-0.25, -0.2) is 13.8 Å². The van der Waals surface area contributed by atoms with Crippen molar-refractivity contribution in [1.82, 2.24) is 10.7 Å². The number of sulfonamides is 1. The number of rotatable bonds is 12. The molecule has 40 heavy (non-hydrogen) atoms. The SMILES string of the molecule is Cc1ccc(N(CC(=O)N/N=C\c2ccc(OCC(=O)NCC(C)C)cc2)S(=O)(=O)c2ccc(Cl)cc2)cc1C. The molecule has 0 saturated heterocycles. The molecule has 3 aromatic rings. The van der Waals surface area contributed by atoms with Gasteiger partial charge in [-0.15, -0.1) is 0 Å². The maximum absolute atomic E-state index is 13.5. The van der Waals surface area contributed by atoms with Gasteiger partial charge in [0.25, 0.3) is 21.8 Å². The summed E-state index contributed by atoms with van der Waals surface area (Å²) < 4.78 is 33.5. The van der Waals surface area contributed by atoms with Crippen LogP contribution in [0.15, 0.2) is 76.7 Å². The number of ether oxygens (including phenoxy) is 1. The van der Waals surface area contributed by atoms with Gasteiger partial charge in [-0.3, -0.25) is 13.9 Å². The molecular weight excluding hydrogens is 552 g/mol. The second-order valence-electron chi connectivity index (χ2n) is 9.58. The highest BCUT2D eigenvalue weighted by atomic mass is 35.5. The molecule has 2 N–H and O–H groups in total. The van der Waals surface area contributed by atoms with Crippen LogP contribution in [0.1, 0.15) is 30.5 Å². The Hall–Kier alpha value is -3.89. The van der Waals surface area contributed by atoms with Crippen molar-refractivity contribution in [2.45, 2.75) is 32.6 Å². The van der Waals surface area contributed by atoms with Crippen molar-refractivity contribution in [2.24, 2.45) is 11.0 Å². The van der Waals surface area contributed by atoms with Crippen LogP contribution in [0.4, 0.5) is 5.69 Å². The number of nitrogens with one attached hydrogen (secondary N) is 2. The molecule has 3 rings (SSSR count). The maximum Gasteiger partial charge on any atom is 0.264 e. The first kappa shape index (κ1) is 30.6. The summed E-state index contributed by atoms with van der Waals surface area (Å²) in [7, 11) is -4.08. The Balaban J connectivity index is 1.66. The van der Waals surface area contributed by atoms with Gasteiger partial charge in [0.15, 0.2) is 6.61 Å². The predicted octanol–water partition coefficient (Wildman–Crippen LogP) is 4.45. The molecule has 0 aliphatic carbocycles. The third-order valence-electron chi connectivity index (χ3n) is 5.83. The zero-order valence-electron chi connectivity index (χ0n) is 22.8. The van der Waals surface area contributed by atoms with Gasteiger partial charge in [0.05, 0.1) is 16.8 Å². The van der Waals surface area contributed by atoms with Crippen LogP contribution >= 0.6 is 11.6 Å². The molecule has 0 bridgehead atoms. The first-order chi connectivity index (χ1) is 19.0. The quantitative estimate of drug-likeness (QED) is 0.241. The van der Waals surface area contributed by atoms with Crippen molar-refractivity contribution in [3.05, 3.63) is 88.4 Å². The minimum atomic E-state index is -4.08. The fourth-order valence-corrected chi connectivity index (χ4v) is 4.98. The highest BCUT2D eigenvalue weighted by molar-refractivity contribution is 7.92. The van der Waals surface area contributed by atoms with Gasteiger partial charge in [0.2, 0.25) is 0 Å². The summed E-state index contributed by atoms with van der Waals surface area (Å²) in [5.41, 5.74) is 5.28. The van der Waals surface area contributed by atoms with E-state index in [0.717, 1.165) is 15.4 Å². The molecule has 0 aliphatic rings. The van der Waals surface area contributed by atoms with E-state index in [4.69, 9.17) is 16.3 Å². The number of halogens is 1. The van der Waals surface area contributed by atoms with Crippen molar-refractivity contribution >= 4 is 45.3 Å². The topological polar surface area (TPSA) is 117 Å². The molecule has 212 valence electrons. The highest BCUT2D eigenvalue weighted by Gasteiger charge is 2.27. The van der Waals surface area contributed by atoms with E-state index in [1.165, 1.54) is 30.5 Å². The van der Waals surface area contributed by atoms with Gasteiger partial charge in [0, 0.05) is 11.6 Å². The van der Waals surface area contributed by atoms with E-state index < -0.39 is 22.5 Å². The summed E-state index contributed by atoms with van der Waals surface area (Å²) in [6.07, 6.45) is 1.42. The zero-order valence-corrected chi connectivity index (χ0v) is 24.4. The molecule has 0 saturated carbocycles. The Morgan fingerprint density at radius 1 is 0.975 bits per heavy atom. The first-order valence-electron chi connectivity index (χ1n) is 12.6. The second kappa shape index (κ2) is 14.0. The normalized spacial score (nSPS) is 11.4. The summed E-state index contributed by atoms with van der Waals surface area (Å²) in [5.74, 6) is 0.0393. The molecule has 9 nitrogen and oxygen atoms in total. The van der Waals surface area contributed by atoms with Crippen LogP contribution < -0.4 is 19.8 Å². The smallest absolute Gasteiger partial charge is 0.264 e. The monoisotopic (exact) mass is 584 g/mol. The van der Waals surface area contributed by atoms with Crippen LogP contribution in [0.2, 0.25) is 5.02 Å². The predicted molar refractivity (Wildman–Crippen MR) is 157 cm³/mol. The molecule has 0 spiro atoms. The van der Waals surface area contributed by atoms with Gasteiger partial charge in [0.1, 0.15) is 12.3 Å². The van der Waals surface area contributed by atoms with Crippen LogP contribution in [-0.2, 0) is 19.6 Å². The average molecular weight is 585 g/mol. The summed E-state index contributed by atoms with van der Waals surface area (Å²) in [5, 5.41) is 7.14. The summed E-state index contributed by atoms with van der Waals surface area (Å²) in [4.78, 5) is 24.6. The van der Waals surface area contributed by atoms with E-state index in [2.05, 4.69) is 15.8 Å². The third-order valence-corrected chi connectivity index (χ3v) is 7.87. The molecule has 0 heterocycles. The highest BCUT2D eigenvalue weighted by Crippen LogP contribution is 2.26. The zero-order chi connectivity index (χ0) is 29.3. The largest absolute Gasteiger partial charge is 0.484 e. The molecule has 2 amide bonds. The molecule has 11 heteroatoms. The maximum atomic E-state index is 13.5.